The van der Waals surface area contributed by atoms with Crippen LogP contribution in [0.25, 0.3) is 10.9 Å². The van der Waals surface area contributed by atoms with E-state index in [0.717, 1.165) is 47.7 Å². The van der Waals surface area contributed by atoms with Crippen molar-refractivity contribution in [2.45, 2.75) is 56.4 Å². The van der Waals surface area contributed by atoms with Crippen molar-refractivity contribution in [3.05, 3.63) is 42.2 Å². The smallest absolute Gasteiger partial charge is 0.406 e. The highest BCUT2D eigenvalue weighted by atomic mass is 32.2. The molecular weight excluding hydrogens is 485 g/mol. The Morgan fingerprint density at radius 2 is 1.94 bits per heavy atom. The fourth-order valence-corrected chi connectivity index (χ4v) is 4.98. The van der Waals surface area contributed by atoms with Crippen molar-refractivity contribution < 1.29 is 17.9 Å². The molecule has 0 atom stereocenters. The van der Waals surface area contributed by atoms with E-state index in [1.807, 2.05) is 18.4 Å². The van der Waals surface area contributed by atoms with Gasteiger partial charge in [0.2, 0.25) is 0 Å². The molecule has 0 aliphatic heterocycles. The number of pyridine rings is 1. The van der Waals surface area contributed by atoms with E-state index in [9.17, 15) is 13.2 Å². The average molecular weight is 517 g/mol. The third-order valence-corrected chi connectivity index (χ3v) is 7.15. The van der Waals surface area contributed by atoms with Gasteiger partial charge in [0.05, 0.1) is 41.8 Å². The Bertz CT molecular complexity index is 1250. The van der Waals surface area contributed by atoms with Crippen molar-refractivity contribution in [2.75, 3.05) is 30.5 Å². The van der Waals surface area contributed by atoms with Gasteiger partial charge in [-0.05, 0) is 62.0 Å². The van der Waals surface area contributed by atoms with Crippen molar-refractivity contribution >= 4 is 34.0 Å². The third-order valence-electron chi connectivity index (χ3n) is 6.51. The van der Waals surface area contributed by atoms with Crippen molar-refractivity contribution in [1.82, 2.24) is 9.55 Å². The van der Waals surface area contributed by atoms with E-state index in [1.54, 1.807) is 31.5 Å². The van der Waals surface area contributed by atoms with Gasteiger partial charge in [0.25, 0.3) is 0 Å². The summed E-state index contributed by atoms with van der Waals surface area (Å²) in [6.45, 7) is 1.40. The number of methoxy groups -OCH3 is 1. The van der Waals surface area contributed by atoms with Crippen LogP contribution in [0.2, 0.25) is 0 Å². The number of aromatic nitrogens is 2. The van der Waals surface area contributed by atoms with Crippen molar-refractivity contribution in [3.8, 4) is 17.6 Å². The minimum Gasteiger partial charge on any atom is -0.494 e. The number of fused-ring (bicyclic) bond motifs is 1. The van der Waals surface area contributed by atoms with Crippen LogP contribution in [0.3, 0.4) is 0 Å². The molecule has 0 amide bonds. The zero-order valence-electron chi connectivity index (χ0n) is 20.7. The van der Waals surface area contributed by atoms with Crippen LogP contribution in [0.5, 0.6) is 5.75 Å². The van der Waals surface area contributed by atoms with Gasteiger partial charge < -0.3 is 19.9 Å². The van der Waals surface area contributed by atoms with E-state index < -0.39 is 12.7 Å². The minimum atomic E-state index is -4.36. The first kappa shape index (κ1) is 26.1. The number of anilines is 2. The molecule has 1 aliphatic rings. The number of benzene rings is 1. The van der Waals surface area contributed by atoms with Crippen LogP contribution in [0.15, 0.2) is 41.6 Å². The molecule has 0 bridgehead atoms. The van der Waals surface area contributed by atoms with E-state index in [4.69, 9.17) is 4.74 Å². The number of nitrogens with one attached hydrogen (secondary N) is 2. The molecule has 0 unspecified atom stereocenters. The van der Waals surface area contributed by atoms with Gasteiger partial charge in [-0.2, -0.15) is 13.2 Å². The maximum Gasteiger partial charge on any atom is 0.406 e. The lowest BCUT2D eigenvalue weighted by Crippen LogP contribution is -2.25. The second-order valence-corrected chi connectivity index (χ2v) is 9.98. The molecule has 0 saturated heterocycles. The van der Waals surface area contributed by atoms with E-state index in [-0.39, 0.29) is 6.54 Å². The molecule has 2 N–H and O–H groups in total. The average Bonchev–Trinajstić information content (AvgIpc) is 3.20. The monoisotopic (exact) mass is 516 g/mol. The summed E-state index contributed by atoms with van der Waals surface area (Å²) in [4.78, 5) is 4.32. The highest BCUT2D eigenvalue weighted by Gasteiger charge is 2.30. The minimum absolute atomic E-state index is 0.232. The summed E-state index contributed by atoms with van der Waals surface area (Å²) < 4.78 is 47.1. The SMILES string of the molecule is COc1cc(SC)ncc1NCC#Cc1cc2c(NC3CCC(C)CC3)cccc2n1CC(F)(F)F. The van der Waals surface area contributed by atoms with E-state index in [1.165, 1.54) is 16.3 Å². The van der Waals surface area contributed by atoms with Gasteiger partial charge in [0.15, 0.2) is 0 Å². The summed E-state index contributed by atoms with van der Waals surface area (Å²) in [7, 11) is 1.57. The van der Waals surface area contributed by atoms with Gasteiger partial charge in [-0.15, -0.1) is 11.8 Å². The lowest BCUT2D eigenvalue weighted by Gasteiger charge is -2.28. The van der Waals surface area contributed by atoms with Gasteiger partial charge in [-0.1, -0.05) is 18.9 Å². The first-order valence-corrected chi connectivity index (χ1v) is 13.3. The molecule has 0 radical (unpaired) electrons. The topological polar surface area (TPSA) is 51.1 Å². The van der Waals surface area contributed by atoms with Crippen LogP contribution in [-0.2, 0) is 6.54 Å². The number of ether oxygens (including phenoxy) is 1. The van der Waals surface area contributed by atoms with Crippen molar-refractivity contribution in [1.29, 1.82) is 0 Å². The van der Waals surface area contributed by atoms with Gasteiger partial charge >= 0.3 is 6.18 Å². The molecule has 36 heavy (non-hydrogen) atoms. The Morgan fingerprint density at radius 3 is 2.64 bits per heavy atom. The molecule has 1 fully saturated rings. The lowest BCUT2D eigenvalue weighted by molar-refractivity contribution is -0.140. The zero-order valence-corrected chi connectivity index (χ0v) is 21.5. The Kier molecular flexibility index (Phi) is 8.24. The lowest BCUT2D eigenvalue weighted by atomic mass is 9.87. The first-order chi connectivity index (χ1) is 17.3. The summed E-state index contributed by atoms with van der Waals surface area (Å²) in [5.41, 5.74) is 2.39. The fourth-order valence-electron chi connectivity index (χ4n) is 4.59. The largest absolute Gasteiger partial charge is 0.494 e. The number of halogens is 3. The summed E-state index contributed by atoms with van der Waals surface area (Å²) >= 11 is 1.51. The van der Waals surface area contributed by atoms with E-state index in [0.29, 0.717) is 28.7 Å². The number of thioether (sulfide) groups is 1. The molecule has 1 aromatic carbocycles. The number of alkyl halides is 3. The van der Waals surface area contributed by atoms with Crippen molar-refractivity contribution in [3.63, 3.8) is 0 Å². The molecular formula is C27H31F3N4OS. The third kappa shape index (κ3) is 6.41. The maximum absolute atomic E-state index is 13.5. The van der Waals surface area contributed by atoms with Crippen LogP contribution in [0.1, 0.15) is 38.3 Å². The van der Waals surface area contributed by atoms with Gasteiger partial charge in [-0.3, -0.25) is 0 Å². The van der Waals surface area contributed by atoms with Crippen LogP contribution in [0, 0.1) is 17.8 Å². The Labute approximate surface area is 214 Å². The number of nitrogens with zero attached hydrogens (tertiary/aromatic N) is 2. The van der Waals surface area contributed by atoms with Gasteiger partial charge in [-0.25, -0.2) is 4.98 Å². The van der Waals surface area contributed by atoms with Crippen LogP contribution >= 0.6 is 11.8 Å². The summed E-state index contributed by atoms with van der Waals surface area (Å²) in [5, 5.41) is 8.31. The molecule has 5 nitrogen and oxygen atoms in total. The van der Waals surface area contributed by atoms with Crippen molar-refractivity contribution in [2.24, 2.45) is 5.92 Å². The Hall–Kier alpha value is -2.99. The summed E-state index contributed by atoms with van der Waals surface area (Å²) in [5.74, 6) is 7.27. The number of rotatable bonds is 7. The predicted molar refractivity (Wildman–Crippen MR) is 141 cm³/mol. The second kappa shape index (κ2) is 11.4. The maximum atomic E-state index is 13.5. The number of hydrogen-bond acceptors (Lipinski definition) is 5. The Morgan fingerprint density at radius 1 is 1.17 bits per heavy atom. The molecule has 2 aromatic heterocycles. The molecule has 192 valence electrons. The molecule has 4 rings (SSSR count). The number of hydrogen-bond donors (Lipinski definition) is 2. The molecule has 3 aromatic rings. The normalized spacial score (nSPS) is 17.9. The molecule has 0 spiro atoms. The second-order valence-electron chi connectivity index (χ2n) is 9.15. The predicted octanol–water partition coefficient (Wildman–Crippen LogP) is 6.78. The first-order valence-electron chi connectivity index (χ1n) is 12.0. The van der Waals surface area contributed by atoms with E-state index >= 15 is 0 Å². The summed E-state index contributed by atoms with van der Waals surface area (Å²) in [6, 6.07) is 9.38. The summed E-state index contributed by atoms with van der Waals surface area (Å²) in [6.07, 6.45) is 3.68. The quantitative estimate of drug-likeness (QED) is 0.268. The molecule has 9 heteroatoms. The molecule has 2 heterocycles. The Balaban J connectivity index is 1.59. The zero-order chi connectivity index (χ0) is 25.7. The van der Waals surface area contributed by atoms with Crippen LogP contribution < -0.4 is 15.4 Å². The standard InChI is InChI=1S/C27H31F3N4OS/c1-18-9-11-19(12-10-18)33-22-7-4-8-24-21(22)14-20(34(24)17-27(28,29)30)6-5-13-31-23-16-32-26(36-3)15-25(23)35-2/h4,7-8,14-16,18-19,31,33H,9-13,17H2,1-3H3. The fraction of sp³-hybridized carbons (Fsp3) is 0.444. The van der Waals surface area contributed by atoms with Gasteiger partial charge in [0.1, 0.15) is 12.3 Å². The van der Waals surface area contributed by atoms with Gasteiger partial charge in [0, 0.05) is 23.2 Å². The molecule has 1 saturated carbocycles. The highest BCUT2D eigenvalue weighted by molar-refractivity contribution is 7.98. The van der Waals surface area contributed by atoms with E-state index in [2.05, 4.69) is 34.4 Å². The molecule has 1 aliphatic carbocycles. The van der Waals surface area contributed by atoms with Crippen LogP contribution in [0.4, 0.5) is 24.5 Å². The highest BCUT2D eigenvalue weighted by Crippen LogP contribution is 2.33. The van der Waals surface area contributed by atoms with Crippen LogP contribution in [-0.4, -0.2) is 41.7 Å².